The summed E-state index contributed by atoms with van der Waals surface area (Å²) in [6.45, 7) is 2.33. The number of anilines is 1. The number of nitrogens with one attached hydrogen (secondary N) is 1. The third-order valence-corrected chi connectivity index (χ3v) is 5.21. The van der Waals surface area contributed by atoms with Gasteiger partial charge >= 0.3 is 0 Å². The van der Waals surface area contributed by atoms with Crippen LogP contribution in [0.2, 0.25) is 0 Å². The van der Waals surface area contributed by atoms with Crippen LogP contribution >= 0.6 is 12.4 Å². The minimum absolute atomic E-state index is 0. The lowest BCUT2D eigenvalue weighted by Gasteiger charge is -2.15. The molecule has 2 rings (SSSR count). The molecule has 0 saturated carbocycles. The van der Waals surface area contributed by atoms with E-state index in [1.165, 1.54) is 44.6 Å². The molecule has 1 aromatic carbocycles. The van der Waals surface area contributed by atoms with Gasteiger partial charge in [0.1, 0.15) is 17.8 Å². The van der Waals surface area contributed by atoms with Crippen LogP contribution in [0.5, 0.6) is 5.75 Å². The first kappa shape index (κ1) is 22.0. The van der Waals surface area contributed by atoms with Gasteiger partial charge in [0.2, 0.25) is 10.0 Å². The molecule has 0 bridgehead atoms. The van der Waals surface area contributed by atoms with Gasteiger partial charge in [0.15, 0.2) is 0 Å². The smallest absolute Gasteiger partial charge is 0.259 e. The third kappa shape index (κ3) is 4.76. The largest absolute Gasteiger partial charge is 0.492 e. The Labute approximate surface area is 158 Å². The fourth-order valence-electron chi connectivity index (χ4n) is 2.06. The van der Waals surface area contributed by atoms with E-state index in [9.17, 15) is 13.2 Å². The molecule has 8 nitrogen and oxygen atoms in total. The Balaban J connectivity index is 0.00000338. The number of hydrogen-bond acceptors (Lipinski definition) is 6. The molecule has 1 amide bonds. The summed E-state index contributed by atoms with van der Waals surface area (Å²) in [5.74, 6) is 0.388. The lowest BCUT2D eigenvalue weighted by molar-refractivity contribution is 0.102. The van der Waals surface area contributed by atoms with Crippen LogP contribution in [0.15, 0.2) is 39.8 Å². The van der Waals surface area contributed by atoms with Gasteiger partial charge in [-0.25, -0.2) is 12.7 Å². The maximum Gasteiger partial charge on any atom is 0.259 e. The number of nitrogens with zero attached hydrogens (tertiary/aromatic N) is 1. The Morgan fingerprint density at radius 2 is 2.00 bits per heavy atom. The van der Waals surface area contributed by atoms with Crippen molar-refractivity contribution in [3.63, 3.8) is 0 Å². The average molecular weight is 404 g/mol. The molecule has 0 unspecified atom stereocenters. The highest BCUT2D eigenvalue weighted by atomic mass is 35.5. The second-order valence-corrected chi connectivity index (χ2v) is 7.49. The van der Waals surface area contributed by atoms with E-state index in [1.807, 2.05) is 0 Å². The van der Waals surface area contributed by atoms with E-state index in [1.54, 1.807) is 6.92 Å². The summed E-state index contributed by atoms with van der Waals surface area (Å²) in [6.07, 6.45) is 1.29. The summed E-state index contributed by atoms with van der Waals surface area (Å²) >= 11 is 0. The summed E-state index contributed by atoms with van der Waals surface area (Å²) in [6, 6.07) is 5.83. The SMILES string of the molecule is CCOc1ccc(S(=O)(=O)N(C)C)cc1NC(=O)c1coc(CN)c1.Cl. The van der Waals surface area contributed by atoms with Crippen LogP contribution < -0.4 is 15.8 Å². The number of nitrogens with two attached hydrogens (primary N) is 1. The van der Waals surface area contributed by atoms with Crippen LogP contribution in [0.4, 0.5) is 5.69 Å². The molecule has 26 heavy (non-hydrogen) atoms. The van der Waals surface area contributed by atoms with Gasteiger partial charge in [0.05, 0.1) is 29.3 Å². The summed E-state index contributed by atoms with van der Waals surface area (Å²) in [5, 5.41) is 2.65. The first-order chi connectivity index (χ1) is 11.8. The molecule has 0 radical (unpaired) electrons. The summed E-state index contributed by atoms with van der Waals surface area (Å²) < 4.78 is 36.3. The molecule has 0 fully saturated rings. The Bertz CT molecular complexity index is 865. The van der Waals surface area contributed by atoms with E-state index >= 15 is 0 Å². The van der Waals surface area contributed by atoms with Gasteiger partial charge in [0.25, 0.3) is 5.91 Å². The first-order valence-electron chi connectivity index (χ1n) is 7.57. The van der Waals surface area contributed by atoms with Gasteiger partial charge in [-0.05, 0) is 31.2 Å². The molecule has 0 aliphatic rings. The number of halogens is 1. The molecule has 0 spiro atoms. The molecule has 0 aliphatic heterocycles. The fourth-order valence-corrected chi connectivity index (χ4v) is 2.99. The number of rotatable bonds is 7. The van der Waals surface area contributed by atoms with E-state index in [2.05, 4.69) is 5.32 Å². The van der Waals surface area contributed by atoms with Crippen molar-refractivity contribution in [3.05, 3.63) is 41.9 Å². The fraction of sp³-hybridized carbons (Fsp3) is 0.312. The number of ether oxygens (including phenoxy) is 1. The second-order valence-electron chi connectivity index (χ2n) is 5.34. The van der Waals surface area contributed by atoms with Crippen LogP contribution in [0.3, 0.4) is 0 Å². The summed E-state index contributed by atoms with van der Waals surface area (Å²) in [5.41, 5.74) is 5.99. The lowest BCUT2D eigenvalue weighted by atomic mass is 10.2. The minimum atomic E-state index is -3.64. The monoisotopic (exact) mass is 403 g/mol. The number of sulfonamides is 1. The number of furan rings is 1. The van der Waals surface area contributed by atoms with Crippen molar-refractivity contribution in [2.45, 2.75) is 18.4 Å². The average Bonchev–Trinajstić information content (AvgIpc) is 3.05. The zero-order chi connectivity index (χ0) is 18.6. The number of hydrogen-bond donors (Lipinski definition) is 2. The highest BCUT2D eigenvalue weighted by Gasteiger charge is 2.20. The Hall–Kier alpha value is -2.07. The molecule has 1 heterocycles. The second kappa shape index (κ2) is 9.04. The van der Waals surface area contributed by atoms with Crippen molar-refractivity contribution in [3.8, 4) is 5.75 Å². The van der Waals surface area contributed by atoms with Gasteiger partial charge in [0, 0.05) is 14.1 Å². The van der Waals surface area contributed by atoms with Crippen molar-refractivity contribution in [2.24, 2.45) is 5.73 Å². The van der Waals surface area contributed by atoms with Crippen molar-refractivity contribution < 1.29 is 22.4 Å². The number of carbonyl (C=O) groups excluding carboxylic acids is 1. The molecular weight excluding hydrogens is 382 g/mol. The zero-order valence-corrected chi connectivity index (χ0v) is 16.3. The third-order valence-electron chi connectivity index (χ3n) is 3.39. The number of benzene rings is 1. The van der Waals surface area contributed by atoms with Crippen LogP contribution in [0, 0.1) is 0 Å². The van der Waals surface area contributed by atoms with Gasteiger partial charge in [-0.15, -0.1) is 12.4 Å². The van der Waals surface area contributed by atoms with E-state index in [0.29, 0.717) is 18.1 Å². The van der Waals surface area contributed by atoms with Crippen molar-refractivity contribution in [1.29, 1.82) is 0 Å². The topological polar surface area (TPSA) is 115 Å². The maximum atomic E-state index is 12.4. The summed E-state index contributed by atoms with van der Waals surface area (Å²) in [7, 11) is -0.771. The normalized spacial score (nSPS) is 11.1. The molecule has 0 atom stereocenters. The molecule has 2 aromatic rings. The minimum Gasteiger partial charge on any atom is -0.492 e. The van der Waals surface area contributed by atoms with Crippen LogP contribution in [-0.2, 0) is 16.6 Å². The van der Waals surface area contributed by atoms with Crippen LogP contribution in [0.1, 0.15) is 23.0 Å². The van der Waals surface area contributed by atoms with Crippen LogP contribution in [0.25, 0.3) is 0 Å². The van der Waals surface area contributed by atoms with E-state index in [-0.39, 0.29) is 35.1 Å². The molecule has 10 heteroatoms. The molecular formula is C16H22ClN3O5S. The first-order valence-corrected chi connectivity index (χ1v) is 9.01. The highest BCUT2D eigenvalue weighted by molar-refractivity contribution is 7.89. The predicted molar refractivity (Wildman–Crippen MR) is 100 cm³/mol. The highest BCUT2D eigenvalue weighted by Crippen LogP contribution is 2.29. The lowest BCUT2D eigenvalue weighted by Crippen LogP contribution is -2.22. The van der Waals surface area contributed by atoms with Gasteiger partial charge < -0.3 is 20.2 Å². The van der Waals surface area contributed by atoms with Gasteiger partial charge in [-0.3, -0.25) is 4.79 Å². The molecule has 144 valence electrons. The predicted octanol–water partition coefficient (Wildman–Crippen LogP) is 2.06. The Kier molecular flexibility index (Phi) is 7.64. The molecule has 0 saturated heterocycles. The summed E-state index contributed by atoms with van der Waals surface area (Å²) in [4.78, 5) is 12.4. The van der Waals surface area contributed by atoms with Crippen LogP contribution in [-0.4, -0.2) is 39.3 Å². The Morgan fingerprint density at radius 1 is 1.31 bits per heavy atom. The number of amides is 1. The zero-order valence-electron chi connectivity index (χ0n) is 14.7. The van der Waals surface area contributed by atoms with E-state index in [4.69, 9.17) is 14.9 Å². The van der Waals surface area contributed by atoms with Crippen molar-refractivity contribution in [2.75, 3.05) is 26.0 Å². The standard InChI is InChI=1S/C16H21N3O5S.ClH/c1-4-23-15-6-5-13(25(21,22)19(2)3)8-14(15)18-16(20)11-7-12(9-17)24-10-11;/h5-8,10H,4,9,17H2,1-3H3,(H,18,20);1H. The van der Waals surface area contributed by atoms with Gasteiger partial charge in [-0.2, -0.15) is 0 Å². The van der Waals surface area contributed by atoms with E-state index in [0.717, 1.165) is 4.31 Å². The number of carbonyl (C=O) groups is 1. The quantitative estimate of drug-likeness (QED) is 0.731. The molecule has 1 aromatic heterocycles. The maximum absolute atomic E-state index is 12.4. The van der Waals surface area contributed by atoms with Crippen molar-refractivity contribution in [1.82, 2.24) is 4.31 Å². The Morgan fingerprint density at radius 3 is 2.54 bits per heavy atom. The van der Waals surface area contributed by atoms with Crippen molar-refractivity contribution >= 4 is 34.0 Å². The van der Waals surface area contributed by atoms with Gasteiger partial charge in [-0.1, -0.05) is 0 Å². The molecule has 0 aliphatic carbocycles. The van der Waals surface area contributed by atoms with E-state index < -0.39 is 15.9 Å². The molecule has 3 N–H and O–H groups in total.